The van der Waals surface area contributed by atoms with Crippen molar-refractivity contribution in [1.82, 2.24) is 17.0 Å². The van der Waals surface area contributed by atoms with Gasteiger partial charge in [-0.3, -0.25) is 4.57 Å². The molecule has 0 amide bonds. The smallest absolute Gasteiger partial charge is 0.347 e. The Kier molecular flexibility index (Phi) is 10.1. The summed E-state index contributed by atoms with van der Waals surface area (Å²) in [4.78, 5) is 19.1. The van der Waals surface area contributed by atoms with Crippen LogP contribution in [-0.2, 0) is 30.2 Å². The van der Waals surface area contributed by atoms with E-state index in [2.05, 4.69) is 0 Å². The number of thiophene rings is 1. The minimum absolute atomic E-state index is 0. The maximum absolute atomic E-state index is 14.0. The van der Waals surface area contributed by atoms with Crippen molar-refractivity contribution in [1.29, 1.82) is 5.26 Å². The minimum Gasteiger partial charge on any atom is -0.504 e. The van der Waals surface area contributed by atoms with Crippen molar-refractivity contribution in [2.75, 3.05) is 0 Å². The van der Waals surface area contributed by atoms with Crippen molar-refractivity contribution >= 4 is 38.8 Å². The molecule has 0 radical (unpaired) electrons. The maximum Gasteiger partial charge on any atom is 0.347 e. The van der Waals surface area contributed by atoms with Gasteiger partial charge >= 0.3 is 7.60 Å². The maximum atomic E-state index is 14.0. The van der Waals surface area contributed by atoms with E-state index in [9.17, 15) is 45.8 Å². The van der Waals surface area contributed by atoms with Crippen molar-refractivity contribution in [3.05, 3.63) is 70.4 Å². The van der Waals surface area contributed by atoms with Crippen molar-refractivity contribution in [3.8, 4) is 17.6 Å². The predicted molar refractivity (Wildman–Crippen MR) is 131 cm³/mol. The van der Waals surface area contributed by atoms with Crippen LogP contribution in [-0.4, -0.2) is 36.8 Å². The molecule has 202 valence electrons. The van der Waals surface area contributed by atoms with Gasteiger partial charge in [0.25, 0.3) is 10.0 Å². The number of benzene rings is 2. The average molecular weight is 597 g/mol. The SMILES string of the molecule is N.N.N#Cc1ccc(C(NS(=O)(=O)c2ccc(CS(=O)(=O)c3ccc(O)c(O)c3)s2)P(=O)(O)O)cc1F. The van der Waals surface area contributed by atoms with E-state index in [0.29, 0.717) is 17.4 Å². The number of nitriles is 1. The number of nitrogens with one attached hydrogen (secondary N) is 1. The standard InChI is InChI=1S/C19H16FN2O9PS3.2H3N/c20-15-7-11(1-2-12(15)9-21)19(32(25,26)27)22-35(30,31)18-6-3-13(33-18)10-34(28,29)14-4-5-16(23)17(24)8-14;;/h1-8,19,22-24H,10H2,(H2,25,26,27);2*1H3. The van der Waals surface area contributed by atoms with Gasteiger partial charge in [-0.05, 0) is 42.0 Å². The summed E-state index contributed by atoms with van der Waals surface area (Å²) in [6, 6.07) is 9.17. The van der Waals surface area contributed by atoms with Crippen LogP contribution in [0.15, 0.2) is 57.6 Å². The third-order valence-corrected chi connectivity index (χ3v) is 10.7. The van der Waals surface area contributed by atoms with Crippen LogP contribution in [0.3, 0.4) is 0 Å². The zero-order valence-corrected chi connectivity index (χ0v) is 22.0. The van der Waals surface area contributed by atoms with Crippen LogP contribution in [0.2, 0.25) is 0 Å². The monoisotopic (exact) mass is 596 g/mol. The molecule has 0 aliphatic carbocycles. The van der Waals surface area contributed by atoms with Crippen LogP contribution >= 0.6 is 18.9 Å². The second-order valence-corrected chi connectivity index (χ2v) is 13.9. The van der Waals surface area contributed by atoms with Gasteiger partial charge < -0.3 is 32.3 Å². The predicted octanol–water partition coefficient (Wildman–Crippen LogP) is 2.62. The Morgan fingerprint density at radius 1 is 1.00 bits per heavy atom. The normalized spacial score (nSPS) is 12.6. The summed E-state index contributed by atoms with van der Waals surface area (Å²) >= 11 is 0.514. The van der Waals surface area contributed by atoms with Gasteiger partial charge in [-0.15, -0.1) is 11.3 Å². The number of nitrogens with zero attached hydrogens (tertiary/aromatic N) is 1. The number of sulfone groups is 1. The quantitative estimate of drug-likeness (QED) is 0.146. The van der Waals surface area contributed by atoms with Gasteiger partial charge in [0.15, 0.2) is 21.3 Å². The van der Waals surface area contributed by atoms with Crippen LogP contribution in [0.1, 0.15) is 21.8 Å². The lowest BCUT2D eigenvalue weighted by Gasteiger charge is -2.20. The van der Waals surface area contributed by atoms with Crippen LogP contribution in [0.25, 0.3) is 0 Å². The molecule has 0 spiro atoms. The van der Waals surface area contributed by atoms with Crippen LogP contribution in [0.4, 0.5) is 4.39 Å². The molecule has 13 nitrogen and oxygen atoms in total. The molecule has 11 N–H and O–H groups in total. The molecule has 0 saturated heterocycles. The number of rotatable bonds is 8. The van der Waals surface area contributed by atoms with E-state index < -0.39 is 71.6 Å². The highest BCUT2D eigenvalue weighted by Gasteiger charge is 2.36. The number of hydrogen-bond acceptors (Lipinski definition) is 11. The third-order valence-electron chi connectivity index (χ3n) is 4.57. The average Bonchev–Trinajstić information content (AvgIpc) is 3.22. The van der Waals surface area contributed by atoms with Gasteiger partial charge in [0.05, 0.1) is 16.2 Å². The topological polar surface area (TPSA) is 272 Å². The first kappa shape index (κ1) is 32.1. The lowest BCUT2D eigenvalue weighted by molar-refractivity contribution is 0.355. The van der Waals surface area contributed by atoms with E-state index in [-0.39, 0.29) is 22.1 Å². The molecule has 3 aromatic rings. The summed E-state index contributed by atoms with van der Waals surface area (Å²) in [5.74, 6) is -5.13. The molecule has 0 bridgehead atoms. The highest BCUT2D eigenvalue weighted by atomic mass is 32.2. The Balaban J connectivity index is 0.00000342. The summed E-state index contributed by atoms with van der Waals surface area (Å²) in [5.41, 5.74) is -0.836. The first-order valence-corrected chi connectivity index (χ1v) is 14.9. The van der Waals surface area contributed by atoms with Gasteiger partial charge in [-0.25, -0.2) is 21.2 Å². The summed E-state index contributed by atoms with van der Waals surface area (Å²) < 4.78 is 78.1. The fourth-order valence-electron chi connectivity index (χ4n) is 2.88. The summed E-state index contributed by atoms with van der Waals surface area (Å²) in [5, 5.41) is 27.7. The molecule has 18 heteroatoms. The zero-order chi connectivity index (χ0) is 26.2. The summed E-state index contributed by atoms with van der Waals surface area (Å²) in [6.07, 6.45) is 0. The van der Waals surface area contributed by atoms with E-state index >= 15 is 0 Å². The molecule has 0 aliphatic heterocycles. The largest absolute Gasteiger partial charge is 0.504 e. The van der Waals surface area contributed by atoms with Crippen LogP contribution in [0.5, 0.6) is 11.5 Å². The Morgan fingerprint density at radius 2 is 1.65 bits per heavy atom. The highest BCUT2D eigenvalue weighted by molar-refractivity contribution is 7.92. The minimum atomic E-state index is -5.21. The van der Waals surface area contributed by atoms with Crippen molar-refractivity contribution in [2.45, 2.75) is 20.6 Å². The van der Waals surface area contributed by atoms with Gasteiger partial charge in [-0.1, -0.05) is 6.07 Å². The summed E-state index contributed by atoms with van der Waals surface area (Å²) in [6.45, 7) is 0. The van der Waals surface area contributed by atoms with E-state index in [0.717, 1.165) is 36.4 Å². The molecule has 1 heterocycles. The fourth-order valence-corrected chi connectivity index (χ4v) is 8.52. The summed E-state index contributed by atoms with van der Waals surface area (Å²) in [7, 11) is -13.9. The number of hydrogen-bond donors (Lipinski definition) is 7. The number of halogens is 1. The Labute approximate surface area is 215 Å². The van der Waals surface area contributed by atoms with Crippen molar-refractivity contribution in [2.24, 2.45) is 0 Å². The van der Waals surface area contributed by atoms with Gasteiger partial charge in [-0.2, -0.15) is 9.98 Å². The first-order chi connectivity index (χ1) is 16.1. The zero-order valence-electron chi connectivity index (χ0n) is 18.6. The second kappa shape index (κ2) is 11.6. The number of sulfonamides is 1. The Bertz CT molecular complexity index is 1600. The van der Waals surface area contributed by atoms with Gasteiger partial charge in [0.1, 0.15) is 21.9 Å². The molecule has 0 aliphatic rings. The highest BCUT2D eigenvalue weighted by Crippen LogP contribution is 2.51. The van der Waals surface area contributed by atoms with Crippen molar-refractivity contribution < 1.29 is 45.8 Å². The van der Waals surface area contributed by atoms with E-state index in [1.807, 2.05) is 4.72 Å². The Hall–Kier alpha value is -2.91. The molecule has 1 atom stereocenters. The number of phenolic OH excluding ortho intramolecular Hbond substituents is 2. The van der Waals surface area contributed by atoms with Crippen LogP contribution in [0, 0.1) is 17.1 Å². The molecule has 1 aromatic heterocycles. The van der Waals surface area contributed by atoms with E-state index in [1.54, 1.807) is 0 Å². The number of aromatic hydroxyl groups is 2. The lowest BCUT2D eigenvalue weighted by Crippen LogP contribution is -2.28. The Morgan fingerprint density at radius 3 is 2.19 bits per heavy atom. The molecule has 1 unspecified atom stereocenters. The third kappa shape index (κ3) is 7.32. The molecule has 2 aromatic carbocycles. The van der Waals surface area contributed by atoms with Gasteiger partial charge in [0.2, 0.25) is 0 Å². The molecular formula is C19H22FN4O9PS3. The molecule has 3 rings (SSSR count). The number of phenols is 2. The first-order valence-electron chi connectivity index (χ1n) is 9.24. The second-order valence-electron chi connectivity index (χ2n) is 7.09. The van der Waals surface area contributed by atoms with Gasteiger partial charge in [0, 0.05) is 10.9 Å². The molecular weight excluding hydrogens is 574 g/mol. The van der Waals surface area contributed by atoms with Crippen molar-refractivity contribution in [3.63, 3.8) is 0 Å². The lowest BCUT2D eigenvalue weighted by atomic mass is 10.1. The molecule has 37 heavy (non-hydrogen) atoms. The molecule has 0 saturated carbocycles. The van der Waals surface area contributed by atoms with Crippen LogP contribution < -0.4 is 17.0 Å². The molecule has 0 fully saturated rings. The van der Waals surface area contributed by atoms with E-state index in [1.165, 1.54) is 12.1 Å². The van der Waals surface area contributed by atoms with E-state index in [4.69, 9.17) is 5.26 Å². The fraction of sp³-hybridized carbons (Fsp3) is 0.105.